The minimum atomic E-state index is -3.14. The first-order valence-electron chi connectivity index (χ1n) is 5.70. The van der Waals surface area contributed by atoms with E-state index in [9.17, 15) is 8.42 Å². The molecule has 0 atom stereocenters. The van der Waals surface area contributed by atoms with Crippen molar-refractivity contribution in [2.75, 3.05) is 12.0 Å². The van der Waals surface area contributed by atoms with Gasteiger partial charge < -0.3 is 5.73 Å². The quantitative estimate of drug-likeness (QED) is 0.883. The van der Waals surface area contributed by atoms with Crippen molar-refractivity contribution >= 4 is 27.3 Å². The third-order valence-electron chi connectivity index (χ3n) is 2.56. The van der Waals surface area contributed by atoms with Crippen LogP contribution in [0.15, 0.2) is 57.2 Å². The van der Waals surface area contributed by atoms with Gasteiger partial charge in [-0.2, -0.15) is 0 Å². The van der Waals surface area contributed by atoms with Crippen LogP contribution in [0.3, 0.4) is 0 Å². The number of anilines is 1. The first-order chi connectivity index (χ1) is 8.84. The first-order valence-corrected chi connectivity index (χ1v) is 8.40. The molecule has 0 heterocycles. The van der Waals surface area contributed by atoms with Crippen LogP contribution >= 0.6 is 11.8 Å². The molecule has 2 rings (SSSR count). The van der Waals surface area contributed by atoms with E-state index in [4.69, 9.17) is 5.73 Å². The highest BCUT2D eigenvalue weighted by atomic mass is 32.2. The molecule has 0 aliphatic carbocycles. The van der Waals surface area contributed by atoms with Crippen LogP contribution in [0.1, 0.15) is 5.56 Å². The van der Waals surface area contributed by atoms with Gasteiger partial charge in [0, 0.05) is 21.7 Å². The van der Waals surface area contributed by atoms with E-state index in [0.717, 1.165) is 21.0 Å². The van der Waals surface area contributed by atoms with Crippen molar-refractivity contribution in [3.05, 3.63) is 48.0 Å². The topological polar surface area (TPSA) is 60.2 Å². The van der Waals surface area contributed by atoms with E-state index < -0.39 is 9.84 Å². The summed E-state index contributed by atoms with van der Waals surface area (Å²) in [5, 5.41) is 0. The highest BCUT2D eigenvalue weighted by Crippen LogP contribution is 2.30. The van der Waals surface area contributed by atoms with Gasteiger partial charge in [-0.05, 0) is 55.0 Å². The van der Waals surface area contributed by atoms with Crippen LogP contribution in [0.5, 0.6) is 0 Å². The molecule has 0 amide bonds. The van der Waals surface area contributed by atoms with Crippen LogP contribution in [0.2, 0.25) is 0 Å². The summed E-state index contributed by atoms with van der Waals surface area (Å²) in [6.07, 6.45) is 1.20. The lowest BCUT2D eigenvalue weighted by Gasteiger charge is -2.05. The molecule has 0 radical (unpaired) electrons. The van der Waals surface area contributed by atoms with Crippen molar-refractivity contribution < 1.29 is 8.42 Å². The highest BCUT2D eigenvalue weighted by molar-refractivity contribution is 7.99. The van der Waals surface area contributed by atoms with Crippen LogP contribution in [0, 0.1) is 6.92 Å². The summed E-state index contributed by atoms with van der Waals surface area (Å²) in [6.45, 7) is 1.99. The third kappa shape index (κ3) is 3.75. The Labute approximate surface area is 117 Å². The van der Waals surface area contributed by atoms with Crippen LogP contribution in [0.25, 0.3) is 0 Å². The molecule has 0 spiro atoms. The number of benzene rings is 2. The normalized spacial score (nSPS) is 11.5. The largest absolute Gasteiger partial charge is 0.399 e. The van der Waals surface area contributed by atoms with E-state index in [0.29, 0.717) is 4.90 Å². The van der Waals surface area contributed by atoms with Gasteiger partial charge in [0.15, 0.2) is 9.84 Å². The minimum absolute atomic E-state index is 0.334. The van der Waals surface area contributed by atoms with Gasteiger partial charge in [0.2, 0.25) is 0 Å². The number of hydrogen-bond donors (Lipinski definition) is 1. The van der Waals surface area contributed by atoms with Crippen molar-refractivity contribution in [1.29, 1.82) is 0 Å². The average molecular weight is 293 g/mol. The maximum absolute atomic E-state index is 11.4. The second kappa shape index (κ2) is 5.27. The molecule has 0 aliphatic heterocycles. The summed E-state index contributed by atoms with van der Waals surface area (Å²) in [5.41, 5.74) is 7.64. The fourth-order valence-corrected chi connectivity index (χ4v) is 3.34. The van der Waals surface area contributed by atoms with Crippen LogP contribution in [0.4, 0.5) is 5.69 Å². The maximum Gasteiger partial charge on any atom is 0.175 e. The Kier molecular flexibility index (Phi) is 3.87. The monoisotopic (exact) mass is 293 g/mol. The molecule has 100 valence electrons. The van der Waals surface area contributed by atoms with E-state index in [1.807, 2.05) is 25.1 Å². The number of nitrogen functional groups attached to an aromatic ring is 1. The number of hydrogen-bond acceptors (Lipinski definition) is 4. The Bertz CT molecular complexity index is 672. The van der Waals surface area contributed by atoms with Gasteiger partial charge in [0.25, 0.3) is 0 Å². The van der Waals surface area contributed by atoms with E-state index in [2.05, 4.69) is 0 Å². The molecule has 5 heteroatoms. The predicted molar refractivity (Wildman–Crippen MR) is 79.3 cm³/mol. The summed E-state index contributed by atoms with van der Waals surface area (Å²) in [7, 11) is -3.14. The summed E-state index contributed by atoms with van der Waals surface area (Å²) in [4.78, 5) is 2.36. The molecular formula is C14H15NO2S2. The minimum Gasteiger partial charge on any atom is -0.399 e. The van der Waals surface area contributed by atoms with Gasteiger partial charge in [-0.3, -0.25) is 0 Å². The van der Waals surface area contributed by atoms with Crippen molar-refractivity contribution in [3.63, 3.8) is 0 Å². The maximum atomic E-state index is 11.4. The number of sulfone groups is 1. The second-order valence-corrected chi connectivity index (χ2v) is 7.59. The predicted octanol–water partition coefficient (Wildman–Crippen LogP) is 3.13. The van der Waals surface area contributed by atoms with Crippen molar-refractivity contribution in [2.24, 2.45) is 0 Å². The molecule has 0 saturated heterocycles. The van der Waals surface area contributed by atoms with Gasteiger partial charge in [0.1, 0.15) is 0 Å². The molecule has 19 heavy (non-hydrogen) atoms. The van der Waals surface area contributed by atoms with E-state index >= 15 is 0 Å². The van der Waals surface area contributed by atoms with Crippen LogP contribution in [-0.4, -0.2) is 14.7 Å². The fraction of sp³-hybridized carbons (Fsp3) is 0.143. The summed E-state index contributed by atoms with van der Waals surface area (Å²) in [5.74, 6) is 0. The Morgan fingerprint density at radius 1 is 1.00 bits per heavy atom. The molecular weight excluding hydrogens is 278 g/mol. The molecule has 0 saturated carbocycles. The third-order valence-corrected chi connectivity index (χ3v) is 4.67. The zero-order valence-electron chi connectivity index (χ0n) is 10.8. The molecule has 0 aliphatic rings. The molecule has 2 N–H and O–H groups in total. The summed E-state index contributed by atoms with van der Waals surface area (Å²) in [6, 6.07) is 12.7. The molecule has 0 fully saturated rings. The van der Waals surface area contributed by atoms with Crippen molar-refractivity contribution in [1.82, 2.24) is 0 Å². The number of rotatable bonds is 3. The molecule has 3 nitrogen and oxygen atoms in total. The Hall–Kier alpha value is -1.46. The fourth-order valence-electron chi connectivity index (χ4n) is 1.73. The van der Waals surface area contributed by atoms with Crippen LogP contribution < -0.4 is 5.73 Å². The zero-order chi connectivity index (χ0) is 14.0. The summed E-state index contributed by atoms with van der Waals surface area (Å²) < 4.78 is 22.7. The molecule has 0 bridgehead atoms. The van der Waals surface area contributed by atoms with Crippen LogP contribution in [-0.2, 0) is 9.84 Å². The molecule has 0 unspecified atom stereocenters. The molecule has 2 aromatic rings. The van der Waals surface area contributed by atoms with Gasteiger partial charge in [0.05, 0.1) is 4.90 Å². The Morgan fingerprint density at radius 3 is 2.16 bits per heavy atom. The second-order valence-electron chi connectivity index (χ2n) is 4.43. The smallest absolute Gasteiger partial charge is 0.175 e. The standard InChI is InChI=1S/C14H15NO2S2/c1-10-7-11(15)9-13(8-10)18-12-3-5-14(6-4-12)19(2,16)17/h3-9H,15H2,1-2H3. The lowest BCUT2D eigenvalue weighted by Crippen LogP contribution is -1.95. The SMILES string of the molecule is Cc1cc(N)cc(Sc2ccc(S(C)(=O)=O)cc2)c1. The summed E-state index contributed by atoms with van der Waals surface area (Å²) >= 11 is 1.56. The molecule has 2 aromatic carbocycles. The Balaban J connectivity index is 2.24. The average Bonchev–Trinajstić information content (AvgIpc) is 2.26. The zero-order valence-corrected chi connectivity index (χ0v) is 12.4. The lowest BCUT2D eigenvalue weighted by molar-refractivity contribution is 0.602. The van der Waals surface area contributed by atoms with Crippen molar-refractivity contribution in [3.8, 4) is 0 Å². The Morgan fingerprint density at radius 2 is 1.63 bits per heavy atom. The van der Waals surface area contributed by atoms with Gasteiger partial charge in [-0.25, -0.2) is 8.42 Å². The highest BCUT2D eigenvalue weighted by Gasteiger charge is 2.06. The number of nitrogens with two attached hydrogens (primary N) is 1. The first kappa shape index (κ1) is 14.0. The number of aryl methyl sites for hydroxylation is 1. The van der Waals surface area contributed by atoms with Crippen molar-refractivity contribution in [2.45, 2.75) is 21.6 Å². The van der Waals surface area contributed by atoms with E-state index in [1.165, 1.54) is 6.26 Å². The van der Waals surface area contributed by atoms with Gasteiger partial charge in [-0.1, -0.05) is 11.8 Å². The van der Waals surface area contributed by atoms with Gasteiger partial charge in [-0.15, -0.1) is 0 Å². The van der Waals surface area contributed by atoms with E-state index in [-0.39, 0.29) is 0 Å². The lowest BCUT2D eigenvalue weighted by atomic mass is 10.2. The van der Waals surface area contributed by atoms with E-state index in [1.54, 1.807) is 36.0 Å². The molecule has 0 aromatic heterocycles. The van der Waals surface area contributed by atoms with Gasteiger partial charge >= 0.3 is 0 Å².